The number of hydrogen-bond donors (Lipinski definition) is 1. The Balaban J connectivity index is 2.25. The lowest BCUT2D eigenvalue weighted by Crippen LogP contribution is -2.00. The molecular formula is C11H9FIN3O. The van der Waals surface area contributed by atoms with E-state index in [2.05, 4.69) is 9.97 Å². The standard InChI is InChI=1S/C11H9FIN3O/c12-9-3-8(2-1-7(9)4-14)17-11-10(13)5-15-6-16-11/h1-3,5-6H,4,14H2. The lowest BCUT2D eigenvalue weighted by molar-refractivity contribution is 0.452. The first-order valence-electron chi connectivity index (χ1n) is 4.82. The van der Waals surface area contributed by atoms with E-state index in [1.165, 1.54) is 12.4 Å². The van der Waals surface area contributed by atoms with Crippen molar-refractivity contribution in [2.75, 3.05) is 0 Å². The summed E-state index contributed by atoms with van der Waals surface area (Å²) in [5.74, 6) is 0.408. The van der Waals surface area contributed by atoms with Gasteiger partial charge in [-0.05, 0) is 28.7 Å². The molecule has 4 nitrogen and oxygen atoms in total. The Bertz CT molecular complexity index is 536. The van der Waals surface area contributed by atoms with Crippen LogP contribution in [0.1, 0.15) is 5.56 Å². The molecule has 88 valence electrons. The maximum atomic E-state index is 13.5. The second-order valence-electron chi connectivity index (χ2n) is 3.24. The van der Waals surface area contributed by atoms with Gasteiger partial charge in [0.25, 0.3) is 0 Å². The zero-order valence-electron chi connectivity index (χ0n) is 8.73. The predicted octanol–water partition coefficient (Wildman–Crippen LogP) is 2.47. The van der Waals surface area contributed by atoms with E-state index in [-0.39, 0.29) is 12.4 Å². The summed E-state index contributed by atoms with van der Waals surface area (Å²) >= 11 is 2.05. The molecule has 0 saturated carbocycles. The number of hydrogen-bond acceptors (Lipinski definition) is 4. The van der Waals surface area contributed by atoms with Crippen molar-refractivity contribution in [3.8, 4) is 11.6 Å². The predicted molar refractivity (Wildman–Crippen MR) is 69.1 cm³/mol. The Labute approximate surface area is 111 Å². The van der Waals surface area contributed by atoms with Crippen molar-refractivity contribution in [3.63, 3.8) is 0 Å². The van der Waals surface area contributed by atoms with Crippen LogP contribution >= 0.6 is 22.6 Å². The van der Waals surface area contributed by atoms with Crippen LogP contribution < -0.4 is 10.5 Å². The molecule has 17 heavy (non-hydrogen) atoms. The van der Waals surface area contributed by atoms with Crippen LogP contribution in [-0.4, -0.2) is 9.97 Å². The minimum absolute atomic E-state index is 0.164. The number of rotatable bonds is 3. The molecule has 1 heterocycles. The second kappa shape index (κ2) is 5.37. The van der Waals surface area contributed by atoms with E-state index in [0.29, 0.717) is 17.2 Å². The molecule has 0 aliphatic carbocycles. The minimum Gasteiger partial charge on any atom is -0.438 e. The third-order valence-electron chi connectivity index (χ3n) is 2.09. The normalized spacial score (nSPS) is 10.3. The summed E-state index contributed by atoms with van der Waals surface area (Å²) in [7, 11) is 0. The molecule has 2 aromatic rings. The summed E-state index contributed by atoms with van der Waals surface area (Å²) in [6.07, 6.45) is 3.00. The van der Waals surface area contributed by atoms with Gasteiger partial charge in [0.1, 0.15) is 17.9 Å². The fourth-order valence-corrected chi connectivity index (χ4v) is 1.66. The van der Waals surface area contributed by atoms with Crippen molar-refractivity contribution in [3.05, 3.63) is 45.7 Å². The van der Waals surface area contributed by atoms with Gasteiger partial charge in [-0.2, -0.15) is 0 Å². The van der Waals surface area contributed by atoms with Crippen LogP contribution in [0.15, 0.2) is 30.7 Å². The van der Waals surface area contributed by atoms with E-state index in [4.69, 9.17) is 10.5 Å². The van der Waals surface area contributed by atoms with E-state index >= 15 is 0 Å². The van der Waals surface area contributed by atoms with Crippen molar-refractivity contribution >= 4 is 22.6 Å². The fourth-order valence-electron chi connectivity index (χ4n) is 1.25. The number of benzene rings is 1. The lowest BCUT2D eigenvalue weighted by atomic mass is 10.2. The van der Waals surface area contributed by atoms with Crippen LogP contribution in [0.25, 0.3) is 0 Å². The molecule has 0 aliphatic rings. The van der Waals surface area contributed by atoms with E-state index in [1.807, 2.05) is 22.6 Å². The Morgan fingerprint density at radius 1 is 1.41 bits per heavy atom. The first-order chi connectivity index (χ1) is 8.20. The van der Waals surface area contributed by atoms with Gasteiger partial charge < -0.3 is 10.5 Å². The zero-order chi connectivity index (χ0) is 12.3. The monoisotopic (exact) mass is 345 g/mol. The highest BCUT2D eigenvalue weighted by Crippen LogP contribution is 2.24. The molecule has 1 aromatic heterocycles. The Morgan fingerprint density at radius 3 is 2.88 bits per heavy atom. The fraction of sp³-hybridized carbons (Fsp3) is 0.0909. The third kappa shape index (κ3) is 2.89. The van der Waals surface area contributed by atoms with Gasteiger partial charge in [0.15, 0.2) is 0 Å². The van der Waals surface area contributed by atoms with Crippen molar-refractivity contribution in [2.45, 2.75) is 6.54 Å². The van der Waals surface area contributed by atoms with Crippen molar-refractivity contribution in [1.82, 2.24) is 9.97 Å². The molecule has 0 saturated heterocycles. The van der Waals surface area contributed by atoms with Gasteiger partial charge >= 0.3 is 0 Å². The van der Waals surface area contributed by atoms with Crippen LogP contribution in [0.2, 0.25) is 0 Å². The maximum absolute atomic E-state index is 13.5. The summed E-state index contributed by atoms with van der Waals surface area (Å²) in [6, 6.07) is 4.54. The summed E-state index contributed by atoms with van der Waals surface area (Å²) in [4.78, 5) is 7.80. The molecular weight excluding hydrogens is 336 g/mol. The first-order valence-corrected chi connectivity index (χ1v) is 5.90. The minimum atomic E-state index is -0.380. The van der Waals surface area contributed by atoms with E-state index in [0.717, 1.165) is 3.57 Å². The van der Waals surface area contributed by atoms with Gasteiger partial charge in [0.2, 0.25) is 5.88 Å². The molecule has 0 radical (unpaired) electrons. The Hall–Kier alpha value is -1.28. The Morgan fingerprint density at radius 2 is 2.24 bits per heavy atom. The number of nitrogens with zero attached hydrogens (tertiary/aromatic N) is 2. The molecule has 0 aliphatic heterocycles. The van der Waals surface area contributed by atoms with Gasteiger partial charge in [-0.1, -0.05) is 6.07 Å². The zero-order valence-corrected chi connectivity index (χ0v) is 10.9. The number of aromatic nitrogens is 2. The van der Waals surface area contributed by atoms with Crippen molar-refractivity contribution in [1.29, 1.82) is 0 Å². The highest BCUT2D eigenvalue weighted by Gasteiger charge is 2.06. The molecule has 0 bridgehead atoms. The SMILES string of the molecule is NCc1ccc(Oc2ncncc2I)cc1F. The summed E-state index contributed by atoms with van der Waals surface area (Å²) in [5, 5.41) is 0. The highest BCUT2D eigenvalue weighted by molar-refractivity contribution is 14.1. The van der Waals surface area contributed by atoms with Crippen molar-refractivity contribution < 1.29 is 9.13 Å². The van der Waals surface area contributed by atoms with E-state index < -0.39 is 0 Å². The number of halogens is 2. The summed E-state index contributed by atoms with van der Waals surface area (Å²) in [6.45, 7) is 0.164. The largest absolute Gasteiger partial charge is 0.438 e. The molecule has 2 N–H and O–H groups in total. The van der Waals surface area contributed by atoms with Crippen LogP contribution in [0.5, 0.6) is 11.6 Å². The van der Waals surface area contributed by atoms with Crippen molar-refractivity contribution in [2.24, 2.45) is 5.73 Å². The summed E-state index contributed by atoms with van der Waals surface area (Å²) in [5.41, 5.74) is 5.83. The molecule has 2 rings (SSSR count). The molecule has 6 heteroatoms. The number of ether oxygens (including phenoxy) is 1. The quantitative estimate of drug-likeness (QED) is 0.869. The van der Waals surface area contributed by atoms with Crippen LogP contribution in [0.3, 0.4) is 0 Å². The molecule has 0 atom stereocenters. The number of nitrogens with two attached hydrogens (primary N) is 1. The molecule has 0 fully saturated rings. The van der Waals surface area contributed by atoms with E-state index in [1.54, 1.807) is 18.3 Å². The van der Waals surface area contributed by atoms with Gasteiger partial charge in [0.05, 0.1) is 3.57 Å². The average Bonchev–Trinajstić information content (AvgIpc) is 2.32. The van der Waals surface area contributed by atoms with E-state index in [9.17, 15) is 4.39 Å². The van der Waals surface area contributed by atoms with Crippen LogP contribution in [0, 0.1) is 9.39 Å². The van der Waals surface area contributed by atoms with Gasteiger partial charge in [-0.15, -0.1) is 0 Å². The average molecular weight is 345 g/mol. The third-order valence-corrected chi connectivity index (χ3v) is 2.83. The molecule has 0 spiro atoms. The molecule has 0 amide bonds. The lowest BCUT2D eigenvalue weighted by Gasteiger charge is -2.07. The highest BCUT2D eigenvalue weighted by atomic mass is 127. The topological polar surface area (TPSA) is 61.0 Å². The molecule has 1 aromatic carbocycles. The summed E-state index contributed by atoms with van der Waals surface area (Å²) < 4.78 is 19.7. The van der Waals surface area contributed by atoms with Crippen LogP contribution in [-0.2, 0) is 6.54 Å². The van der Waals surface area contributed by atoms with Gasteiger partial charge in [-0.3, -0.25) is 0 Å². The Kier molecular flexibility index (Phi) is 3.85. The maximum Gasteiger partial charge on any atom is 0.235 e. The second-order valence-corrected chi connectivity index (χ2v) is 4.40. The molecule has 0 unspecified atom stereocenters. The van der Waals surface area contributed by atoms with Crippen LogP contribution in [0.4, 0.5) is 4.39 Å². The first kappa shape index (κ1) is 12.2. The van der Waals surface area contributed by atoms with Gasteiger partial charge in [0, 0.05) is 24.4 Å². The smallest absolute Gasteiger partial charge is 0.235 e. The van der Waals surface area contributed by atoms with Gasteiger partial charge in [-0.25, -0.2) is 14.4 Å².